The molecule has 3 rings (SSSR count). The first-order valence-electron chi connectivity index (χ1n) is 7.57. The highest BCUT2D eigenvalue weighted by atomic mass is 35.5. The van der Waals surface area contributed by atoms with Crippen LogP contribution in [0.5, 0.6) is 0 Å². The summed E-state index contributed by atoms with van der Waals surface area (Å²) in [7, 11) is 0. The van der Waals surface area contributed by atoms with Gasteiger partial charge in [-0.25, -0.2) is 4.39 Å². The monoisotopic (exact) mass is 344 g/mol. The van der Waals surface area contributed by atoms with Crippen molar-refractivity contribution >= 4 is 30.1 Å². The fourth-order valence-corrected chi connectivity index (χ4v) is 3.67. The van der Waals surface area contributed by atoms with Crippen molar-refractivity contribution in [1.29, 1.82) is 0 Å². The molecule has 0 aromatic heterocycles. The zero-order chi connectivity index (χ0) is 14.7. The summed E-state index contributed by atoms with van der Waals surface area (Å²) in [6.45, 7) is 1.51. The maximum atomic E-state index is 13.3. The van der Waals surface area contributed by atoms with Crippen LogP contribution < -0.4 is 5.32 Å². The first-order chi connectivity index (χ1) is 10.2. The molecule has 1 aliphatic heterocycles. The predicted octanol–water partition coefficient (Wildman–Crippen LogP) is 2.83. The molecule has 3 nitrogen and oxygen atoms in total. The molecule has 1 saturated carbocycles. The molecule has 1 atom stereocenters. The van der Waals surface area contributed by atoms with Gasteiger partial charge in [0.15, 0.2) is 0 Å². The lowest BCUT2D eigenvalue weighted by molar-refractivity contribution is -0.132. The molecule has 0 spiro atoms. The largest absolute Gasteiger partial charge is 0.335 e. The standard InChI is InChI=1S/C16H21FN2OS.ClH/c17-13-3-1-2-12(8-13)10-19(15-4-5-15)16(20)9-14-11-21-7-6-18-14;/h1-3,8,14-15,18H,4-7,9-11H2;1H. The molecule has 1 aliphatic carbocycles. The van der Waals surface area contributed by atoms with Crippen molar-refractivity contribution in [3.8, 4) is 0 Å². The van der Waals surface area contributed by atoms with Gasteiger partial charge in [0.1, 0.15) is 5.82 Å². The summed E-state index contributed by atoms with van der Waals surface area (Å²) in [5.41, 5.74) is 0.876. The van der Waals surface area contributed by atoms with Crippen molar-refractivity contribution in [1.82, 2.24) is 10.2 Å². The molecular weight excluding hydrogens is 323 g/mol. The molecule has 22 heavy (non-hydrogen) atoms. The van der Waals surface area contributed by atoms with E-state index in [2.05, 4.69) is 5.32 Å². The summed E-state index contributed by atoms with van der Waals surface area (Å²) in [6, 6.07) is 7.20. The third-order valence-electron chi connectivity index (χ3n) is 3.97. The van der Waals surface area contributed by atoms with Crippen molar-refractivity contribution in [2.45, 2.75) is 37.9 Å². The normalized spacial score (nSPS) is 21.0. The Kier molecular flexibility index (Phi) is 6.53. The number of hydrogen-bond donors (Lipinski definition) is 1. The molecule has 0 radical (unpaired) electrons. The van der Waals surface area contributed by atoms with Gasteiger partial charge in [0, 0.05) is 43.1 Å². The van der Waals surface area contributed by atoms with Crippen LogP contribution in [0.25, 0.3) is 0 Å². The fourth-order valence-electron chi connectivity index (χ4n) is 2.72. The Labute approximate surface area is 141 Å². The first-order valence-corrected chi connectivity index (χ1v) is 8.73. The minimum Gasteiger partial charge on any atom is -0.335 e. The fraction of sp³-hybridized carbons (Fsp3) is 0.562. The van der Waals surface area contributed by atoms with Gasteiger partial charge in [-0.2, -0.15) is 11.8 Å². The zero-order valence-electron chi connectivity index (χ0n) is 12.5. The summed E-state index contributed by atoms with van der Waals surface area (Å²) in [4.78, 5) is 14.5. The second-order valence-corrected chi connectivity index (χ2v) is 6.96. The van der Waals surface area contributed by atoms with E-state index in [1.165, 1.54) is 12.1 Å². The van der Waals surface area contributed by atoms with Crippen LogP contribution in [0.15, 0.2) is 24.3 Å². The molecule has 122 valence electrons. The van der Waals surface area contributed by atoms with E-state index in [9.17, 15) is 9.18 Å². The summed E-state index contributed by atoms with van der Waals surface area (Å²) < 4.78 is 13.3. The molecule has 6 heteroatoms. The van der Waals surface area contributed by atoms with E-state index in [1.807, 2.05) is 22.7 Å². The van der Waals surface area contributed by atoms with Crippen LogP contribution in [-0.2, 0) is 11.3 Å². The van der Waals surface area contributed by atoms with Crippen LogP contribution in [0.2, 0.25) is 0 Å². The van der Waals surface area contributed by atoms with Crippen LogP contribution in [0, 0.1) is 5.82 Å². The van der Waals surface area contributed by atoms with Crippen molar-refractivity contribution in [2.24, 2.45) is 0 Å². The summed E-state index contributed by atoms with van der Waals surface area (Å²) in [6.07, 6.45) is 2.71. The SMILES string of the molecule is Cl.O=C(CC1CSCCN1)N(Cc1cccc(F)c1)C1CC1. The van der Waals surface area contributed by atoms with Crippen molar-refractivity contribution < 1.29 is 9.18 Å². The minimum absolute atomic E-state index is 0. The average Bonchev–Trinajstić information content (AvgIpc) is 3.30. The van der Waals surface area contributed by atoms with Gasteiger partial charge in [-0.05, 0) is 30.5 Å². The molecule has 2 aliphatic rings. The lowest BCUT2D eigenvalue weighted by atomic mass is 10.1. The number of carbonyl (C=O) groups excluding carboxylic acids is 1. The average molecular weight is 345 g/mol. The van der Waals surface area contributed by atoms with Gasteiger partial charge in [-0.3, -0.25) is 4.79 Å². The Morgan fingerprint density at radius 1 is 1.41 bits per heavy atom. The maximum absolute atomic E-state index is 13.3. The van der Waals surface area contributed by atoms with E-state index in [4.69, 9.17) is 0 Å². The summed E-state index contributed by atoms with van der Waals surface area (Å²) in [5.74, 6) is 2.09. The molecule has 1 aromatic rings. The van der Waals surface area contributed by atoms with E-state index in [1.54, 1.807) is 6.07 Å². The van der Waals surface area contributed by atoms with Crippen LogP contribution in [0.3, 0.4) is 0 Å². The Bertz CT molecular complexity index is 507. The Hall–Kier alpha value is -0.780. The van der Waals surface area contributed by atoms with Gasteiger partial charge in [-0.15, -0.1) is 12.4 Å². The number of nitrogens with one attached hydrogen (secondary N) is 1. The number of nitrogens with zero attached hydrogens (tertiary/aromatic N) is 1. The third-order valence-corrected chi connectivity index (χ3v) is 5.10. The second kappa shape index (κ2) is 8.18. The summed E-state index contributed by atoms with van der Waals surface area (Å²) in [5, 5.41) is 3.41. The molecule has 1 N–H and O–H groups in total. The molecule has 1 saturated heterocycles. The number of amides is 1. The van der Waals surface area contributed by atoms with E-state index in [0.717, 1.165) is 36.5 Å². The van der Waals surface area contributed by atoms with E-state index >= 15 is 0 Å². The highest BCUT2D eigenvalue weighted by Crippen LogP contribution is 2.29. The Morgan fingerprint density at radius 2 is 2.23 bits per heavy atom. The molecule has 2 fully saturated rings. The van der Waals surface area contributed by atoms with Gasteiger partial charge in [0.25, 0.3) is 0 Å². The highest BCUT2D eigenvalue weighted by molar-refractivity contribution is 7.99. The van der Waals surface area contributed by atoms with Gasteiger partial charge >= 0.3 is 0 Å². The topological polar surface area (TPSA) is 32.3 Å². The molecule has 1 aromatic carbocycles. The quantitative estimate of drug-likeness (QED) is 0.891. The number of thioether (sulfide) groups is 1. The number of benzene rings is 1. The zero-order valence-corrected chi connectivity index (χ0v) is 14.1. The summed E-state index contributed by atoms with van der Waals surface area (Å²) >= 11 is 1.90. The Balaban J connectivity index is 0.00000176. The van der Waals surface area contributed by atoms with Gasteiger partial charge in [0.2, 0.25) is 5.91 Å². The second-order valence-electron chi connectivity index (χ2n) is 5.81. The first kappa shape index (κ1) is 17.6. The van der Waals surface area contributed by atoms with Gasteiger partial charge in [-0.1, -0.05) is 12.1 Å². The molecule has 0 bridgehead atoms. The van der Waals surface area contributed by atoms with E-state index < -0.39 is 0 Å². The molecule has 1 unspecified atom stereocenters. The van der Waals surface area contributed by atoms with Gasteiger partial charge < -0.3 is 10.2 Å². The number of halogens is 2. The number of hydrogen-bond acceptors (Lipinski definition) is 3. The predicted molar refractivity (Wildman–Crippen MR) is 91.0 cm³/mol. The lowest BCUT2D eigenvalue weighted by Gasteiger charge is -2.27. The molecule has 1 amide bonds. The number of rotatable bonds is 5. The highest BCUT2D eigenvalue weighted by Gasteiger charge is 2.33. The van der Waals surface area contributed by atoms with Crippen LogP contribution >= 0.6 is 24.2 Å². The smallest absolute Gasteiger partial charge is 0.224 e. The van der Waals surface area contributed by atoms with Gasteiger partial charge in [0.05, 0.1) is 0 Å². The van der Waals surface area contributed by atoms with E-state index in [0.29, 0.717) is 19.0 Å². The maximum Gasteiger partial charge on any atom is 0.224 e. The van der Waals surface area contributed by atoms with Crippen molar-refractivity contribution in [2.75, 3.05) is 18.1 Å². The van der Waals surface area contributed by atoms with Crippen molar-refractivity contribution in [3.63, 3.8) is 0 Å². The number of carbonyl (C=O) groups is 1. The molecular formula is C16H22ClFN2OS. The van der Waals surface area contributed by atoms with Crippen LogP contribution in [0.4, 0.5) is 4.39 Å². The van der Waals surface area contributed by atoms with Crippen LogP contribution in [-0.4, -0.2) is 40.9 Å². The van der Waals surface area contributed by atoms with E-state index in [-0.39, 0.29) is 30.2 Å². The van der Waals surface area contributed by atoms with Crippen LogP contribution in [0.1, 0.15) is 24.8 Å². The minimum atomic E-state index is -0.235. The third kappa shape index (κ3) is 4.86. The van der Waals surface area contributed by atoms with Crippen molar-refractivity contribution in [3.05, 3.63) is 35.6 Å². The Morgan fingerprint density at radius 3 is 2.86 bits per heavy atom. The lowest BCUT2D eigenvalue weighted by Crippen LogP contribution is -2.43. The molecule has 1 heterocycles.